The molecular weight excluding hydrogens is 180 g/mol. The Labute approximate surface area is 83.6 Å². The third-order valence-corrected chi connectivity index (χ3v) is 2.36. The summed E-state index contributed by atoms with van der Waals surface area (Å²) in [6, 6.07) is 6.00. The normalized spacial score (nSPS) is 15.6. The molecule has 1 heterocycles. The van der Waals surface area contributed by atoms with Gasteiger partial charge in [0, 0.05) is 7.11 Å². The van der Waals surface area contributed by atoms with Crippen molar-refractivity contribution < 1.29 is 14.2 Å². The summed E-state index contributed by atoms with van der Waals surface area (Å²) in [6.45, 7) is 2.38. The summed E-state index contributed by atoms with van der Waals surface area (Å²) in [5.74, 6) is 1.67. The first-order chi connectivity index (χ1) is 6.79. The lowest BCUT2D eigenvalue weighted by Gasteiger charge is -2.09. The highest BCUT2D eigenvalue weighted by Gasteiger charge is 2.13. The van der Waals surface area contributed by atoms with E-state index in [9.17, 15) is 0 Å². The molecule has 3 nitrogen and oxygen atoms in total. The third-order valence-electron chi connectivity index (χ3n) is 2.36. The van der Waals surface area contributed by atoms with Gasteiger partial charge in [-0.05, 0) is 31.0 Å². The summed E-state index contributed by atoms with van der Waals surface area (Å²) in [7, 11) is 1.72. The Balaban J connectivity index is 2.12. The zero-order valence-electron chi connectivity index (χ0n) is 8.45. The molecule has 1 aliphatic heterocycles. The van der Waals surface area contributed by atoms with Crippen molar-refractivity contribution in [1.29, 1.82) is 0 Å². The first kappa shape index (κ1) is 9.34. The molecule has 1 atom stereocenters. The third kappa shape index (κ3) is 1.82. The van der Waals surface area contributed by atoms with Crippen LogP contribution in [-0.4, -0.2) is 20.0 Å². The van der Waals surface area contributed by atoms with Crippen molar-refractivity contribution in [2.24, 2.45) is 0 Å². The van der Waals surface area contributed by atoms with Gasteiger partial charge in [-0.15, -0.1) is 0 Å². The Morgan fingerprint density at radius 3 is 2.93 bits per heavy atom. The van der Waals surface area contributed by atoms with E-state index in [1.54, 1.807) is 7.11 Å². The molecule has 0 fully saturated rings. The highest BCUT2D eigenvalue weighted by molar-refractivity contribution is 5.44. The van der Waals surface area contributed by atoms with Crippen LogP contribution in [0.1, 0.15) is 12.5 Å². The number of hydrogen-bond donors (Lipinski definition) is 0. The van der Waals surface area contributed by atoms with E-state index < -0.39 is 0 Å². The van der Waals surface area contributed by atoms with E-state index in [-0.39, 0.29) is 6.10 Å². The Hall–Kier alpha value is -1.22. The standard InChI is InChI=1S/C11H14O3/c1-8(12-2)5-9-3-4-10-11(6-9)14-7-13-10/h3-4,6,8H,5,7H2,1-2H3. The van der Waals surface area contributed by atoms with Crippen LogP contribution in [0.3, 0.4) is 0 Å². The van der Waals surface area contributed by atoms with Gasteiger partial charge in [0.15, 0.2) is 11.5 Å². The summed E-state index contributed by atoms with van der Waals surface area (Å²) in [5.41, 5.74) is 1.21. The molecule has 0 aliphatic carbocycles. The molecule has 3 heteroatoms. The summed E-state index contributed by atoms with van der Waals surface area (Å²) in [5, 5.41) is 0. The SMILES string of the molecule is COC(C)Cc1ccc2c(c1)OCO2. The second kappa shape index (κ2) is 3.88. The molecule has 0 saturated carbocycles. The van der Waals surface area contributed by atoms with E-state index in [0.717, 1.165) is 17.9 Å². The molecule has 1 aromatic carbocycles. The maximum atomic E-state index is 5.29. The summed E-state index contributed by atoms with van der Waals surface area (Å²) < 4.78 is 15.7. The van der Waals surface area contributed by atoms with Crippen LogP contribution < -0.4 is 9.47 Å². The lowest BCUT2D eigenvalue weighted by molar-refractivity contribution is 0.119. The quantitative estimate of drug-likeness (QED) is 0.736. The average molecular weight is 194 g/mol. The average Bonchev–Trinajstić information content (AvgIpc) is 2.64. The van der Waals surface area contributed by atoms with Gasteiger partial charge >= 0.3 is 0 Å². The number of methoxy groups -OCH3 is 1. The zero-order valence-corrected chi connectivity index (χ0v) is 8.45. The molecule has 0 bridgehead atoms. The number of benzene rings is 1. The second-order valence-corrected chi connectivity index (χ2v) is 3.44. The maximum Gasteiger partial charge on any atom is 0.231 e. The molecule has 0 radical (unpaired) electrons. The number of fused-ring (bicyclic) bond motifs is 1. The second-order valence-electron chi connectivity index (χ2n) is 3.44. The van der Waals surface area contributed by atoms with E-state index >= 15 is 0 Å². The Morgan fingerprint density at radius 2 is 2.14 bits per heavy atom. The minimum atomic E-state index is 0.232. The van der Waals surface area contributed by atoms with E-state index in [2.05, 4.69) is 0 Å². The Kier molecular flexibility index (Phi) is 2.59. The number of hydrogen-bond acceptors (Lipinski definition) is 3. The van der Waals surface area contributed by atoms with Crippen LogP contribution >= 0.6 is 0 Å². The predicted octanol–water partition coefficient (Wildman–Crippen LogP) is 1.99. The number of rotatable bonds is 3. The molecule has 1 unspecified atom stereocenters. The van der Waals surface area contributed by atoms with Crippen LogP contribution in [0.15, 0.2) is 18.2 Å². The molecule has 76 valence electrons. The van der Waals surface area contributed by atoms with Crippen LogP contribution in [0.25, 0.3) is 0 Å². The minimum absolute atomic E-state index is 0.232. The monoisotopic (exact) mass is 194 g/mol. The van der Waals surface area contributed by atoms with Crippen LogP contribution in [-0.2, 0) is 11.2 Å². The van der Waals surface area contributed by atoms with E-state index in [1.807, 2.05) is 25.1 Å². The van der Waals surface area contributed by atoms with Gasteiger partial charge in [0.25, 0.3) is 0 Å². The maximum absolute atomic E-state index is 5.29. The van der Waals surface area contributed by atoms with Gasteiger partial charge in [0.1, 0.15) is 0 Å². The van der Waals surface area contributed by atoms with Gasteiger partial charge in [0.05, 0.1) is 6.10 Å². The summed E-state index contributed by atoms with van der Waals surface area (Å²) >= 11 is 0. The summed E-state index contributed by atoms with van der Waals surface area (Å²) in [4.78, 5) is 0. The Bertz CT molecular complexity index is 322. The highest BCUT2D eigenvalue weighted by Crippen LogP contribution is 2.32. The lowest BCUT2D eigenvalue weighted by Crippen LogP contribution is -2.08. The fraction of sp³-hybridized carbons (Fsp3) is 0.455. The largest absolute Gasteiger partial charge is 0.454 e. The van der Waals surface area contributed by atoms with Crippen LogP contribution in [0.5, 0.6) is 11.5 Å². The van der Waals surface area contributed by atoms with Crippen LogP contribution in [0, 0.1) is 0 Å². The molecule has 0 saturated heterocycles. The van der Waals surface area contributed by atoms with Gasteiger partial charge < -0.3 is 14.2 Å². The van der Waals surface area contributed by atoms with E-state index in [1.165, 1.54) is 5.56 Å². The van der Waals surface area contributed by atoms with Gasteiger partial charge in [-0.2, -0.15) is 0 Å². The molecular formula is C11H14O3. The van der Waals surface area contributed by atoms with Crippen molar-refractivity contribution in [3.05, 3.63) is 23.8 Å². The topological polar surface area (TPSA) is 27.7 Å². The molecule has 2 rings (SSSR count). The van der Waals surface area contributed by atoms with E-state index in [0.29, 0.717) is 6.79 Å². The van der Waals surface area contributed by atoms with Crippen molar-refractivity contribution in [2.75, 3.05) is 13.9 Å². The van der Waals surface area contributed by atoms with Crippen molar-refractivity contribution in [1.82, 2.24) is 0 Å². The molecule has 1 aromatic rings. The summed E-state index contributed by atoms with van der Waals surface area (Å²) in [6.07, 6.45) is 1.13. The molecule has 14 heavy (non-hydrogen) atoms. The van der Waals surface area contributed by atoms with Crippen molar-refractivity contribution in [3.8, 4) is 11.5 Å². The lowest BCUT2D eigenvalue weighted by atomic mass is 10.1. The fourth-order valence-electron chi connectivity index (χ4n) is 1.48. The van der Waals surface area contributed by atoms with Gasteiger partial charge in [0.2, 0.25) is 6.79 Å². The molecule has 0 spiro atoms. The molecule has 0 amide bonds. The zero-order chi connectivity index (χ0) is 9.97. The van der Waals surface area contributed by atoms with Crippen LogP contribution in [0.4, 0.5) is 0 Å². The van der Waals surface area contributed by atoms with Crippen molar-refractivity contribution in [2.45, 2.75) is 19.4 Å². The van der Waals surface area contributed by atoms with Crippen LogP contribution in [0.2, 0.25) is 0 Å². The predicted molar refractivity (Wildman–Crippen MR) is 52.7 cm³/mol. The molecule has 0 aromatic heterocycles. The first-order valence-corrected chi connectivity index (χ1v) is 4.71. The fourth-order valence-corrected chi connectivity index (χ4v) is 1.48. The Morgan fingerprint density at radius 1 is 1.36 bits per heavy atom. The van der Waals surface area contributed by atoms with Crippen molar-refractivity contribution >= 4 is 0 Å². The smallest absolute Gasteiger partial charge is 0.231 e. The highest BCUT2D eigenvalue weighted by atomic mass is 16.7. The van der Waals surface area contributed by atoms with Crippen molar-refractivity contribution in [3.63, 3.8) is 0 Å². The van der Waals surface area contributed by atoms with Gasteiger partial charge in [-0.3, -0.25) is 0 Å². The molecule has 1 aliphatic rings. The van der Waals surface area contributed by atoms with Gasteiger partial charge in [-0.1, -0.05) is 6.07 Å². The number of ether oxygens (including phenoxy) is 3. The first-order valence-electron chi connectivity index (χ1n) is 4.71. The minimum Gasteiger partial charge on any atom is -0.454 e. The van der Waals surface area contributed by atoms with E-state index in [4.69, 9.17) is 14.2 Å². The van der Waals surface area contributed by atoms with Gasteiger partial charge in [-0.25, -0.2) is 0 Å². The molecule has 0 N–H and O–H groups in total.